The van der Waals surface area contributed by atoms with E-state index < -0.39 is 23.8 Å². The third kappa shape index (κ3) is 4.57. The molecule has 4 rings (SSSR count). The van der Waals surface area contributed by atoms with Crippen LogP contribution in [0.25, 0.3) is 11.0 Å². The van der Waals surface area contributed by atoms with Crippen LogP contribution >= 0.6 is 15.9 Å². The number of furan rings is 1. The topological polar surface area (TPSA) is 95.6 Å². The van der Waals surface area contributed by atoms with Gasteiger partial charge in [-0.3, -0.25) is 9.69 Å². The number of fused-ring (bicyclic) bond motifs is 3. The number of carbonyl (C=O) groups excluding carboxylic acids is 2. The second-order valence-electron chi connectivity index (χ2n) is 9.35. The van der Waals surface area contributed by atoms with Crippen molar-refractivity contribution in [3.05, 3.63) is 34.5 Å². The Kier molecular flexibility index (Phi) is 5.73. The molecule has 1 aromatic heterocycles. The molecule has 0 radical (unpaired) electrons. The van der Waals surface area contributed by atoms with Gasteiger partial charge >= 0.3 is 6.09 Å². The summed E-state index contributed by atoms with van der Waals surface area (Å²) >= 11 is 3.43. The lowest BCUT2D eigenvalue weighted by molar-refractivity contribution is -0.128. The van der Waals surface area contributed by atoms with Crippen LogP contribution < -0.4 is 5.32 Å². The number of likely N-dealkylation sites (tertiary alicyclic amines) is 1. The van der Waals surface area contributed by atoms with Gasteiger partial charge in [0.1, 0.15) is 29.0 Å². The molecule has 0 spiro atoms. The maximum atomic E-state index is 13.1. The van der Waals surface area contributed by atoms with Crippen molar-refractivity contribution >= 4 is 38.9 Å². The highest BCUT2D eigenvalue weighted by Crippen LogP contribution is 2.43. The maximum absolute atomic E-state index is 13.1. The minimum absolute atomic E-state index is 0.0185. The number of hydrogen-bond donors (Lipinski definition) is 1. The van der Waals surface area contributed by atoms with E-state index in [9.17, 15) is 14.9 Å². The number of benzene rings is 1. The van der Waals surface area contributed by atoms with E-state index in [-0.39, 0.29) is 24.3 Å². The predicted molar refractivity (Wildman–Crippen MR) is 118 cm³/mol. The van der Waals surface area contributed by atoms with E-state index >= 15 is 0 Å². The van der Waals surface area contributed by atoms with Crippen LogP contribution in [0, 0.1) is 17.2 Å². The summed E-state index contributed by atoms with van der Waals surface area (Å²) in [4.78, 5) is 27.5. The number of rotatable bonds is 4. The van der Waals surface area contributed by atoms with Gasteiger partial charge in [-0.2, -0.15) is 5.26 Å². The Morgan fingerprint density at radius 3 is 2.84 bits per heavy atom. The first-order chi connectivity index (χ1) is 14.6. The monoisotopic (exact) mass is 487 g/mol. The lowest BCUT2D eigenvalue weighted by Crippen LogP contribution is -2.55. The van der Waals surface area contributed by atoms with E-state index in [0.29, 0.717) is 5.76 Å². The van der Waals surface area contributed by atoms with Crippen molar-refractivity contribution in [1.82, 2.24) is 10.2 Å². The van der Waals surface area contributed by atoms with Gasteiger partial charge in [-0.25, -0.2) is 4.79 Å². The summed E-state index contributed by atoms with van der Waals surface area (Å²) in [5.41, 5.74) is 0.0937. The number of hydrogen-bond acceptors (Lipinski definition) is 5. The summed E-state index contributed by atoms with van der Waals surface area (Å²) in [5.74, 6) is 0.417. The molecular formula is C23H26BrN3O4. The molecule has 2 amide bonds. The zero-order valence-electron chi connectivity index (χ0n) is 17.9. The van der Waals surface area contributed by atoms with E-state index in [1.54, 1.807) is 4.90 Å². The lowest BCUT2D eigenvalue weighted by Gasteiger charge is -2.35. The average molecular weight is 488 g/mol. The lowest BCUT2D eigenvalue weighted by atomic mass is 9.97. The summed E-state index contributed by atoms with van der Waals surface area (Å²) < 4.78 is 12.3. The number of carbonyl (C=O) groups is 2. The molecule has 7 nitrogen and oxygen atoms in total. The first-order valence-corrected chi connectivity index (χ1v) is 11.3. The molecule has 1 aromatic carbocycles. The number of nitrogens with one attached hydrogen (secondary N) is 1. The van der Waals surface area contributed by atoms with Crippen molar-refractivity contribution in [2.24, 2.45) is 5.92 Å². The quantitative estimate of drug-likeness (QED) is 0.682. The Morgan fingerprint density at radius 1 is 1.35 bits per heavy atom. The first-order valence-electron chi connectivity index (χ1n) is 10.5. The van der Waals surface area contributed by atoms with Gasteiger partial charge in [0.2, 0.25) is 5.91 Å². The fraction of sp³-hybridized carbons (Fsp3) is 0.522. The smallest absolute Gasteiger partial charge is 0.411 e. The van der Waals surface area contributed by atoms with Crippen molar-refractivity contribution in [2.75, 3.05) is 0 Å². The summed E-state index contributed by atoms with van der Waals surface area (Å²) in [6.07, 6.45) is 2.37. The standard InChI is InChI=1S/C23H26BrN3O4/c1-23(2,3)31-22(29)27-17-6-4-13(9-17)20(27)21(28)26-16(12-25)11-18-10-14-8-15(24)5-7-19(14)30-18/h5,7-8,10,13,16-17,20H,4,6,9,11H2,1-3H3,(H,26,28)/t13-,16?,17+,20-/m0/s1. The van der Waals surface area contributed by atoms with Crippen LogP contribution in [0.2, 0.25) is 0 Å². The van der Waals surface area contributed by atoms with Crippen molar-refractivity contribution in [3.63, 3.8) is 0 Å². The van der Waals surface area contributed by atoms with Crippen LogP contribution in [0.15, 0.2) is 33.2 Å². The van der Waals surface area contributed by atoms with E-state index in [0.717, 1.165) is 34.7 Å². The number of halogens is 1. The Labute approximate surface area is 189 Å². The number of nitrogens with zero attached hydrogens (tertiary/aromatic N) is 2. The van der Waals surface area contributed by atoms with Gasteiger partial charge < -0.3 is 14.5 Å². The highest BCUT2D eigenvalue weighted by Gasteiger charge is 2.52. The molecule has 1 aliphatic heterocycles. The molecule has 31 heavy (non-hydrogen) atoms. The fourth-order valence-corrected chi connectivity index (χ4v) is 5.04. The van der Waals surface area contributed by atoms with Crippen molar-refractivity contribution in [2.45, 2.75) is 70.2 Å². The van der Waals surface area contributed by atoms with Crippen LogP contribution in [0.1, 0.15) is 45.8 Å². The molecular weight excluding hydrogens is 462 g/mol. The van der Waals surface area contributed by atoms with E-state index in [1.165, 1.54) is 0 Å². The normalized spacial score (nSPS) is 23.6. The molecule has 2 bridgehead atoms. The van der Waals surface area contributed by atoms with Crippen molar-refractivity contribution < 1.29 is 18.7 Å². The zero-order chi connectivity index (χ0) is 22.3. The maximum Gasteiger partial charge on any atom is 0.411 e. The third-order valence-corrected chi connectivity index (χ3v) is 6.36. The molecule has 2 aromatic rings. The average Bonchev–Trinajstić information content (AvgIpc) is 3.39. The van der Waals surface area contributed by atoms with Gasteiger partial charge in [0.15, 0.2) is 0 Å². The van der Waals surface area contributed by atoms with Gasteiger partial charge in [0.05, 0.1) is 6.07 Å². The van der Waals surface area contributed by atoms with Crippen LogP contribution in [-0.2, 0) is 16.0 Å². The van der Waals surface area contributed by atoms with E-state index in [4.69, 9.17) is 9.15 Å². The van der Waals surface area contributed by atoms with E-state index in [1.807, 2.05) is 45.0 Å². The number of ether oxygens (including phenoxy) is 1. The van der Waals surface area contributed by atoms with Gasteiger partial charge in [0, 0.05) is 22.3 Å². The van der Waals surface area contributed by atoms with Crippen LogP contribution in [0.4, 0.5) is 4.79 Å². The number of amides is 2. The van der Waals surface area contributed by atoms with Crippen LogP contribution in [-0.4, -0.2) is 40.6 Å². The molecule has 1 unspecified atom stereocenters. The highest BCUT2D eigenvalue weighted by atomic mass is 79.9. The molecule has 2 heterocycles. The molecule has 1 N–H and O–H groups in total. The van der Waals surface area contributed by atoms with Gasteiger partial charge in [-0.1, -0.05) is 15.9 Å². The minimum atomic E-state index is -0.754. The Bertz CT molecular complexity index is 1050. The molecule has 1 saturated heterocycles. The predicted octanol–water partition coefficient (Wildman–Crippen LogP) is 4.53. The molecule has 1 aliphatic carbocycles. The molecule has 8 heteroatoms. The fourth-order valence-electron chi connectivity index (χ4n) is 4.66. The molecule has 2 fully saturated rings. The first kappa shape index (κ1) is 21.7. The van der Waals surface area contributed by atoms with Gasteiger partial charge in [0.25, 0.3) is 0 Å². The SMILES string of the molecule is CC(C)(C)OC(=O)N1[C@@H]2CC[C@@H](C2)[C@H]1C(=O)NC(C#N)Cc1cc2cc(Br)ccc2o1. The van der Waals surface area contributed by atoms with Gasteiger partial charge in [-0.05, 0) is 70.2 Å². The van der Waals surface area contributed by atoms with Crippen LogP contribution in [0.3, 0.4) is 0 Å². The summed E-state index contributed by atoms with van der Waals surface area (Å²) in [7, 11) is 0. The number of nitriles is 1. The Morgan fingerprint density at radius 2 is 2.13 bits per heavy atom. The van der Waals surface area contributed by atoms with Crippen LogP contribution in [0.5, 0.6) is 0 Å². The molecule has 164 valence electrons. The molecule has 2 aliphatic rings. The van der Waals surface area contributed by atoms with E-state index in [2.05, 4.69) is 27.3 Å². The van der Waals surface area contributed by atoms with Crippen molar-refractivity contribution in [1.29, 1.82) is 5.26 Å². The molecule has 4 atom stereocenters. The third-order valence-electron chi connectivity index (χ3n) is 5.87. The van der Waals surface area contributed by atoms with Crippen molar-refractivity contribution in [3.8, 4) is 6.07 Å². The Hall–Kier alpha value is -2.53. The second-order valence-corrected chi connectivity index (χ2v) is 10.3. The Balaban J connectivity index is 1.47. The number of piperidine rings is 1. The summed E-state index contributed by atoms with van der Waals surface area (Å²) in [6, 6.07) is 8.38. The summed E-state index contributed by atoms with van der Waals surface area (Å²) in [5, 5.41) is 13.4. The summed E-state index contributed by atoms with van der Waals surface area (Å²) in [6.45, 7) is 5.43. The minimum Gasteiger partial charge on any atom is -0.461 e. The zero-order valence-corrected chi connectivity index (χ0v) is 19.4. The largest absolute Gasteiger partial charge is 0.461 e. The highest BCUT2D eigenvalue weighted by molar-refractivity contribution is 9.10. The second kappa shape index (κ2) is 8.19. The van der Waals surface area contributed by atoms with Gasteiger partial charge in [-0.15, -0.1) is 0 Å². The molecule has 1 saturated carbocycles.